The summed E-state index contributed by atoms with van der Waals surface area (Å²) in [6.45, 7) is 8.27. The van der Waals surface area contributed by atoms with E-state index in [0.29, 0.717) is 6.16 Å². The number of rotatable bonds is 7. The molecule has 1 aromatic carbocycles. The average Bonchev–Trinajstić information content (AvgIpc) is 2.54. The Morgan fingerprint density at radius 3 is 2.17 bits per heavy atom. The number of hydrogen-bond donors (Lipinski definition) is 0. The molecule has 0 bridgehead atoms. The summed E-state index contributed by atoms with van der Waals surface area (Å²) in [5, 5.41) is -0.605. The third-order valence-electron chi connectivity index (χ3n) is 5.45. The number of Topliss-reactive ketones (excluding diaryl/α,β-unsaturated/α-hetero) is 1. The highest BCUT2D eigenvalue weighted by atomic mass is 31.1. The fourth-order valence-electron chi connectivity index (χ4n) is 4.22. The maximum absolute atomic E-state index is 13.6. The maximum Gasteiger partial charge on any atom is 0.353 e. The molecule has 24 heavy (non-hydrogen) atoms. The summed E-state index contributed by atoms with van der Waals surface area (Å²) in [6, 6.07) is 4.17. The lowest BCUT2D eigenvalue weighted by atomic mass is 9.80. The monoisotopic (exact) mass is 347 g/mol. The molecule has 1 aliphatic carbocycles. The second-order valence-corrected chi connectivity index (χ2v) is 9.56. The van der Waals surface area contributed by atoms with Crippen molar-refractivity contribution in [2.24, 2.45) is 0 Å². The largest absolute Gasteiger partial charge is 0.353 e. The summed E-state index contributed by atoms with van der Waals surface area (Å²) in [5.74, 6) is 0.162. The molecule has 0 aliphatic heterocycles. The minimum Gasteiger partial charge on any atom is -0.289 e. The first-order chi connectivity index (χ1) is 11.4. The van der Waals surface area contributed by atoms with Crippen molar-refractivity contribution in [3.63, 3.8) is 0 Å². The van der Waals surface area contributed by atoms with E-state index in [4.69, 9.17) is 0 Å². The minimum absolute atomic E-state index is 0.162. The van der Waals surface area contributed by atoms with Crippen LogP contribution in [0.15, 0.2) is 12.1 Å². The maximum atomic E-state index is 13.6. The molecule has 2 rings (SSSR count). The standard InChI is InChI=1S/C21H32O2P/c1-5-6-10-13-24(23)21(11-8-7-9-12-21)20(22)19-17(3)14-16(2)15-18(19)4/h14-15H,5-13H2,1-4H3/q+1. The Morgan fingerprint density at radius 2 is 1.62 bits per heavy atom. The van der Waals surface area contributed by atoms with E-state index in [0.717, 1.165) is 61.6 Å². The molecule has 0 heterocycles. The van der Waals surface area contributed by atoms with Gasteiger partial charge in [-0.2, -0.15) is 0 Å². The second kappa shape index (κ2) is 8.39. The van der Waals surface area contributed by atoms with E-state index < -0.39 is 13.0 Å². The molecular weight excluding hydrogens is 315 g/mol. The van der Waals surface area contributed by atoms with Crippen molar-refractivity contribution in [3.8, 4) is 0 Å². The van der Waals surface area contributed by atoms with Crippen LogP contribution in [0.3, 0.4) is 0 Å². The van der Waals surface area contributed by atoms with Crippen molar-refractivity contribution in [3.05, 3.63) is 34.4 Å². The summed E-state index contributed by atoms with van der Waals surface area (Å²) in [7, 11) is -1.49. The summed E-state index contributed by atoms with van der Waals surface area (Å²) in [4.78, 5) is 13.6. The van der Waals surface area contributed by atoms with Gasteiger partial charge in [0.1, 0.15) is 6.16 Å². The van der Waals surface area contributed by atoms with Gasteiger partial charge in [0.15, 0.2) is 0 Å². The summed E-state index contributed by atoms with van der Waals surface area (Å²) in [5.41, 5.74) is 4.10. The zero-order valence-electron chi connectivity index (χ0n) is 15.8. The van der Waals surface area contributed by atoms with Crippen LogP contribution >= 0.6 is 7.80 Å². The van der Waals surface area contributed by atoms with Crippen molar-refractivity contribution in [1.29, 1.82) is 0 Å². The van der Waals surface area contributed by atoms with Gasteiger partial charge < -0.3 is 0 Å². The molecule has 0 N–H and O–H groups in total. The van der Waals surface area contributed by atoms with Gasteiger partial charge in [0.2, 0.25) is 10.9 Å². The molecule has 0 amide bonds. The zero-order chi connectivity index (χ0) is 17.7. The van der Waals surface area contributed by atoms with E-state index in [1.54, 1.807) is 0 Å². The smallest absolute Gasteiger partial charge is 0.289 e. The zero-order valence-corrected chi connectivity index (χ0v) is 16.7. The van der Waals surface area contributed by atoms with Crippen molar-refractivity contribution in [1.82, 2.24) is 0 Å². The molecule has 1 unspecified atom stereocenters. The van der Waals surface area contributed by atoms with Crippen molar-refractivity contribution in [2.75, 3.05) is 6.16 Å². The van der Waals surface area contributed by atoms with E-state index in [-0.39, 0.29) is 5.78 Å². The SMILES string of the molecule is CCCCC[P+](=O)C1(C(=O)c2c(C)cc(C)cc2C)CCCCC1. The van der Waals surface area contributed by atoms with Crippen LogP contribution in [-0.2, 0) is 4.57 Å². The molecule has 1 fully saturated rings. The van der Waals surface area contributed by atoms with Gasteiger partial charge in [-0.1, -0.05) is 42.0 Å². The minimum atomic E-state index is -1.49. The molecule has 132 valence electrons. The van der Waals surface area contributed by atoms with E-state index in [1.807, 2.05) is 13.8 Å². The molecule has 1 aromatic rings. The topological polar surface area (TPSA) is 34.1 Å². The molecule has 1 atom stereocenters. The van der Waals surface area contributed by atoms with Gasteiger partial charge in [-0.05, 0) is 57.6 Å². The number of ketones is 1. The molecular formula is C21H32O2P+. The molecule has 0 spiro atoms. The molecule has 2 nitrogen and oxygen atoms in total. The van der Waals surface area contributed by atoms with E-state index in [1.165, 1.54) is 12.0 Å². The van der Waals surface area contributed by atoms with Crippen molar-refractivity contribution < 1.29 is 9.36 Å². The molecule has 0 saturated heterocycles. The Bertz CT molecular complexity index is 589. The van der Waals surface area contributed by atoms with Crippen LogP contribution in [0, 0.1) is 20.8 Å². The van der Waals surface area contributed by atoms with Gasteiger partial charge in [0.25, 0.3) is 0 Å². The third kappa shape index (κ3) is 3.97. The van der Waals surface area contributed by atoms with E-state index in [9.17, 15) is 9.36 Å². The molecule has 1 aliphatic rings. The lowest BCUT2D eigenvalue weighted by Crippen LogP contribution is -2.38. The van der Waals surface area contributed by atoms with Crippen LogP contribution in [0.25, 0.3) is 0 Å². The van der Waals surface area contributed by atoms with Gasteiger partial charge >= 0.3 is 7.80 Å². The molecule has 0 radical (unpaired) electrons. The average molecular weight is 347 g/mol. The van der Waals surface area contributed by atoms with Crippen LogP contribution in [0.4, 0.5) is 0 Å². The normalized spacial score (nSPS) is 17.6. The predicted octanol–water partition coefficient (Wildman–Crippen LogP) is 6.52. The van der Waals surface area contributed by atoms with Gasteiger partial charge in [0.05, 0.1) is 0 Å². The van der Waals surface area contributed by atoms with Crippen LogP contribution in [0.1, 0.15) is 85.3 Å². The third-order valence-corrected chi connectivity index (χ3v) is 7.78. The number of carbonyl (C=O) groups excluding carboxylic acids is 1. The summed E-state index contributed by atoms with van der Waals surface area (Å²) >= 11 is 0. The Morgan fingerprint density at radius 1 is 1.04 bits per heavy atom. The van der Waals surface area contributed by atoms with Crippen LogP contribution in [-0.4, -0.2) is 17.1 Å². The number of hydrogen-bond acceptors (Lipinski definition) is 2. The first-order valence-corrected chi connectivity index (χ1v) is 10.9. The fraction of sp³-hybridized carbons (Fsp3) is 0.667. The van der Waals surface area contributed by atoms with E-state index >= 15 is 0 Å². The van der Waals surface area contributed by atoms with Crippen molar-refractivity contribution in [2.45, 2.75) is 84.2 Å². The Labute approximate surface area is 148 Å². The summed E-state index contributed by atoms with van der Waals surface area (Å²) in [6.07, 6.45) is 8.76. The van der Waals surface area contributed by atoms with Crippen LogP contribution in [0.5, 0.6) is 0 Å². The Hall–Kier alpha value is -1.01. The first-order valence-electron chi connectivity index (χ1n) is 9.50. The first kappa shape index (κ1) is 19.3. The highest BCUT2D eigenvalue weighted by molar-refractivity contribution is 7.48. The molecule has 3 heteroatoms. The fourth-order valence-corrected chi connectivity index (χ4v) is 6.31. The number of aryl methyl sites for hydroxylation is 3. The van der Waals surface area contributed by atoms with Crippen LogP contribution in [0.2, 0.25) is 0 Å². The predicted molar refractivity (Wildman–Crippen MR) is 103 cm³/mol. The Kier molecular flexibility index (Phi) is 6.75. The second-order valence-electron chi connectivity index (χ2n) is 7.50. The van der Waals surface area contributed by atoms with E-state index in [2.05, 4.69) is 26.0 Å². The van der Waals surface area contributed by atoms with Gasteiger partial charge in [-0.15, -0.1) is 0 Å². The number of carbonyl (C=O) groups is 1. The number of unbranched alkanes of at least 4 members (excludes halogenated alkanes) is 2. The highest BCUT2D eigenvalue weighted by Gasteiger charge is 2.55. The lowest BCUT2D eigenvalue weighted by Gasteiger charge is -2.28. The molecule has 0 aromatic heterocycles. The lowest BCUT2D eigenvalue weighted by molar-refractivity contribution is 0.0911. The van der Waals surface area contributed by atoms with Gasteiger partial charge in [0, 0.05) is 18.4 Å². The molecule has 1 saturated carbocycles. The van der Waals surface area contributed by atoms with Crippen molar-refractivity contribution >= 4 is 13.6 Å². The number of benzene rings is 1. The Balaban J connectivity index is 2.37. The van der Waals surface area contributed by atoms with Gasteiger partial charge in [-0.25, -0.2) is 0 Å². The summed E-state index contributed by atoms with van der Waals surface area (Å²) < 4.78 is 13.2. The highest BCUT2D eigenvalue weighted by Crippen LogP contribution is 2.52. The van der Waals surface area contributed by atoms with Crippen LogP contribution < -0.4 is 0 Å². The quantitative estimate of drug-likeness (QED) is 0.320. The van der Waals surface area contributed by atoms with Gasteiger partial charge in [-0.3, -0.25) is 4.79 Å².